The van der Waals surface area contributed by atoms with E-state index in [9.17, 15) is 18.0 Å². The number of esters is 1. The summed E-state index contributed by atoms with van der Waals surface area (Å²) < 4.78 is 32.7. The zero-order chi connectivity index (χ0) is 28.0. The van der Waals surface area contributed by atoms with Gasteiger partial charge in [-0.25, -0.2) is 13.2 Å². The van der Waals surface area contributed by atoms with E-state index in [0.717, 1.165) is 16.9 Å². The van der Waals surface area contributed by atoms with Crippen LogP contribution in [0.25, 0.3) is 0 Å². The largest absolute Gasteiger partial charge is 0.465 e. The minimum Gasteiger partial charge on any atom is -0.465 e. The number of sulfonamides is 1. The molecule has 0 saturated heterocycles. The molecule has 0 aliphatic carbocycles. The van der Waals surface area contributed by atoms with E-state index in [2.05, 4.69) is 15.4 Å². The Balaban J connectivity index is 1.74. The number of amides is 1. The molecule has 3 aromatic rings. The number of hydrogen-bond donors (Lipinski definition) is 3. The van der Waals surface area contributed by atoms with Gasteiger partial charge in [0.15, 0.2) is 5.11 Å². The Morgan fingerprint density at radius 3 is 2.08 bits per heavy atom. The molecular formula is C26H30N4O5S3. The minimum atomic E-state index is -3.72. The molecule has 0 radical (unpaired) electrons. The van der Waals surface area contributed by atoms with Crippen molar-refractivity contribution in [2.24, 2.45) is 0 Å². The van der Waals surface area contributed by atoms with Crippen LogP contribution in [0.2, 0.25) is 0 Å². The topological polar surface area (TPSA) is 117 Å². The Hall–Kier alpha value is -3.48. The number of anilines is 3. The second-order valence-electron chi connectivity index (χ2n) is 8.30. The molecule has 1 amide bonds. The van der Waals surface area contributed by atoms with E-state index in [1.165, 1.54) is 7.11 Å². The van der Waals surface area contributed by atoms with E-state index in [4.69, 9.17) is 17.0 Å². The van der Waals surface area contributed by atoms with Gasteiger partial charge in [-0.1, -0.05) is 17.7 Å². The molecular weight excluding hydrogens is 545 g/mol. The second kappa shape index (κ2) is 12.4. The highest BCUT2D eigenvalue weighted by Crippen LogP contribution is 2.34. The Labute approximate surface area is 232 Å². The van der Waals surface area contributed by atoms with Crippen molar-refractivity contribution in [3.8, 4) is 0 Å². The fraction of sp³-hybridized carbons (Fsp3) is 0.269. The van der Waals surface area contributed by atoms with Gasteiger partial charge in [0.05, 0.1) is 22.4 Å². The normalized spacial score (nSPS) is 11.0. The van der Waals surface area contributed by atoms with Crippen LogP contribution in [-0.2, 0) is 14.8 Å². The number of thiocarbonyl (C=S) groups is 1. The van der Waals surface area contributed by atoms with E-state index in [-0.39, 0.29) is 21.5 Å². The molecule has 38 heavy (non-hydrogen) atoms. The zero-order valence-electron chi connectivity index (χ0n) is 21.7. The van der Waals surface area contributed by atoms with Crippen LogP contribution in [0.4, 0.5) is 16.4 Å². The van der Waals surface area contributed by atoms with Crippen molar-refractivity contribution in [1.82, 2.24) is 4.90 Å². The summed E-state index contributed by atoms with van der Waals surface area (Å²) in [6.45, 7) is 8.46. The van der Waals surface area contributed by atoms with Crippen LogP contribution >= 0.6 is 23.6 Å². The van der Waals surface area contributed by atoms with Crippen molar-refractivity contribution >= 4 is 66.9 Å². The number of ether oxygens (including phenoxy) is 1. The van der Waals surface area contributed by atoms with Crippen molar-refractivity contribution in [2.45, 2.75) is 32.6 Å². The van der Waals surface area contributed by atoms with Crippen LogP contribution in [-0.4, -0.2) is 50.5 Å². The minimum absolute atomic E-state index is 0.168. The van der Waals surface area contributed by atoms with Crippen LogP contribution in [0.1, 0.15) is 45.0 Å². The van der Waals surface area contributed by atoms with Crippen LogP contribution in [0.3, 0.4) is 0 Å². The molecule has 1 heterocycles. The summed E-state index contributed by atoms with van der Waals surface area (Å²) in [6, 6.07) is 13.1. The number of carbonyl (C=O) groups excluding carboxylic acids is 2. The first-order chi connectivity index (χ1) is 18.0. The van der Waals surface area contributed by atoms with Gasteiger partial charge >= 0.3 is 5.97 Å². The van der Waals surface area contributed by atoms with E-state index < -0.39 is 16.0 Å². The average Bonchev–Trinajstić information content (AvgIpc) is 3.20. The van der Waals surface area contributed by atoms with Gasteiger partial charge in [-0.05, 0) is 81.9 Å². The number of hydrogen-bond acceptors (Lipinski definition) is 7. The molecule has 3 rings (SSSR count). The highest BCUT2D eigenvalue weighted by atomic mass is 32.2. The summed E-state index contributed by atoms with van der Waals surface area (Å²) >= 11 is 6.57. The first kappa shape index (κ1) is 29.1. The van der Waals surface area contributed by atoms with Crippen LogP contribution in [0.5, 0.6) is 0 Å². The van der Waals surface area contributed by atoms with Gasteiger partial charge < -0.3 is 20.3 Å². The number of nitrogens with one attached hydrogen (secondary N) is 3. The van der Waals surface area contributed by atoms with Gasteiger partial charge in [0.2, 0.25) is 0 Å². The molecule has 0 aliphatic heterocycles. The number of aryl methyl sites for hydroxylation is 1. The maximum atomic E-state index is 13.0. The van der Waals surface area contributed by atoms with E-state index in [1.54, 1.807) is 60.4 Å². The predicted molar refractivity (Wildman–Crippen MR) is 156 cm³/mol. The van der Waals surface area contributed by atoms with E-state index in [0.29, 0.717) is 39.9 Å². The SMILES string of the molecule is CCN(CC)C(=O)c1sc(NC(=S)Nc2ccc(NS(=O)(=O)c3ccc(C)cc3)cc2)c(C(=O)OC)c1C. The summed E-state index contributed by atoms with van der Waals surface area (Å²) in [6.07, 6.45) is 0. The van der Waals surface area contributed by atoms with Crippen molar-refractivity contribution in [3.63, 3.8) is 0 Å². The van der Waals surface area contributed by atoms with Gasteiger partial charge in [-0.15, -0.1) is 11.3 Å². The Bertz CT molecular complexity index is 1430. The number of rotatable bonds is 9. The number of methoxy groups -OCH3 is 1. The molecule has 0 atom stereocenters. The number of thiophene rings is 1. The Morgan fingerprint density at radius 1 is 0.947 bits per heavy atom. The van der Waals surface area contributed by atoms with Gasteiger partial charge in [0.25, 0.3) is 15.9 Å². The maximum absolute atomic E-state index is 13.0. The van der Waals surface area contributed by atoms with Crippen LogP contribution < -0.4 is 15.4 Å². The molecule has 0 bridgehead atoms. The fourth-order valence-corrected chi connectivity index (χ4v) is 6.14. The first-order valence-corrected chi connectivity index (χ1v) is 14.5. The first-order valence-electron chi connectivity index (χ1n) is 11.8. The predicted octanol–water partition coefficient (Wildman–Crippen LogP) is 5.24. The van der Waals surface area contributed by atoms with Crippen LogP contribution in [0.15, 0.2) is 53.4 Å². The summed E-state index contributed by atoms with van der Waals surface area (Å²) in [4.78, 5) is 27.8. The third kappa shape index (κ3) is 6.69. The third-order valence-electron chi connectivity index (χ3n) is 5.73. The molecule has 0 fully saturated rings. The van der Waals surface area contributed by atoms with Crippen LogP contribution in [0, 0.1) is 13.8 Å². The van der Waals surface area contributed by atoms with E-state index in [1.807, 2.05) is 20.8 Å². The summed E-state index contributed by atoms with van der Waals surface area (Å²) in [5, 5.41) is 6.59. The standard InChI is InChI=1S/C26H30N4O5S3/c1-6-30(7-2)24(31)22-17(4)21(25(32)35-5)23(37-22)28-26(36)27-18-10-12-19(13-11-18)29-38(33,34)20-14-8-16(3)9-15-20/h8-15,29H,6-7H2,1-5H3,(H2,27,28,36). The van der Waals surface area contributed by atoms with Gasteiger partial charge in [0.1, 0.15) is 5.00 Å². The molecule has 9 nitrogen and oxygen atoms in total. The maximum Gasteiger partial charge on any atom is 0.341 e. The molecule has 12 heteroatoms. The van der Waals surface area contributed by atoms with Gasteiger partial charge in [-0.3, -0.25) is 9.52 Å². The van der Waals surface area contributed by atoms with E-state index >= 15 is 0 Å². The molecule has 0 unspecified atom stereocenters. The summed E-state index contributed by atoms with van der Waals surface area (Å²) in [7, 11) is -2.45. The van der Waals surface area contributed by atoms with Crippen molar-refractivity contribution in [3.05, 3.63) is 70.1 Å². The summed E-state index contributed by atoms with van der Waals surface area (Å²) in [5.41, 5.74) is 2.71. The monoisotopic (exact) mass is 574 g/mol. The molecule has 0 spiro atoms. The molecule has 1 aromatic heterocycles. The smallest absolute Gasteiger partial charge is 0.341 e. The Morgan fingerprint density at radius 2 is 1.53 bits per heavy atom. The molecule has 202 valence electrons. The average molecular weight is 575 g/mol. The molecule has 3 N–H and O–H groups in total. The lowest BCUT2D eigenvalue weighted by atomic mass is 10.1. The quantitative estimate of drug-likeness (QED) is 0.235. The lowest BCUT2D eigenvalue weighted by molar-refractivity contribution is 0.0601. The molecule has 0 saturated carbocycles. The summed E-state index contributed by atoms with van der Waals surface area (Å²) in [5.74, 6) is -0.744. The van der Waals surface area contributed by atoms with Crippen molar-refractivity contribution < 1.29 is 22.7 Å². The third-order valence-corrected chi connectivity index (χ3v) is 8.53. The lowest BCUT2D eigenvalue weighted by Crippen LogP contribution is -2.30. The number of carbonyl (C=O) groups is 2. The second-order valence-corrected chi connectivity index (χ2v) is 11.4. The highest BCUT2D eigenvalue weighted by molar-refractivity contribution is 7.92. The molecule has 2 aromatic carbocycles. The highest BCUT2D eigenvalue weighted by Gasteiger charge is 2.27. The van der Waals surface area contributed by atoms with Crippen molar-refractivity contribution in [1.29, 1.82) is 0 Å². The van der Waals surface area contributed by atoms with Crippen molar-refractivity contribution in [2.75, 3.05) is 35.6 Å². The lowest BCUT2D eigenvalue weighted by Gasteiger charge is -2.18. The van der Waals surface area contributed by atoms with Gasteiger partial charge in [0, 0.05) is 24.5 Å². The van der Waals surface area contributed by atoms with Gasteiger partial charge in [-0.2, -0.15) is 0 Å². The zero-order valence-corrected chi connectivity index (χ0v) is 24.2. The number of benzene rings is 2. The Kier molecular flexibility index (Phi) is 9.47. The molecule has 0 aliphatic rings. The fourth-order valence-electron chi connectivity index (χ4n) is 3.63. The number of nitrogens with zero attached hydrogens (tertiary/aromatic N) is 1.